The van der Waals surface area contributed by atoms with Gasteiger partial charge in [-0.1, -0.05) is 23.7 Å². The monoisotopic (exact) mass is 677 g/mol. The number of aromatic nitrogens is 4. The van der Waals surface area contributed by atoms with Gasteiger partial charge in [0.1, 0.15) is 17.6 Å². The van der Waals surface area contributed by atoms with Gasteiger partial charge in [-0.3, -0.25) is 24.4 Å². The quantitative estimate of drug-likeness (QED) is 0.248. The summed E-state index contributed by atoms with van der Waals surface area (Å²) in [5.41, 5.74) is 1.09. The van der Waals surface area contributed by atoms with Gasteiger partial charge < -0.3 is 14.8 Å². The lowest BCUT2D eigenvalue weighted by atomic mass is 10.0. The van der Waals surface area contributed by atoms with Gasteiger partial charge in [0.25, 0.3) is 11.5 Å². The van der Waals surface area contributed by atoms with Crippen LogP contribution >= 0.6 is 11.6 Å². The second-order valence-corrected chi connectivity index (χ2v) is 10.8. The Bertz CT molecular complexity index is 1860. The summed E-state index contributed by atoms with van der Waals surface area (Å²) in [6.45, 7) is 3.43. The van der Waals surface area contributed by atoms with Gasteiger partial charge in [-0.05, 0) is 42.8 Å². The minimum Gasteiger partial charge on any atom is -0.495 e. The van der Waals surface area contributed by atoms with E-state index >= 15 is 0 Å². The maximum Gasteiger partial charge on any atom is 0.436 e. The van der Waals surface area contributed by atoms with E-state index in [1.165, 1.54) is 43.6 Å². The van der Waals surface area contributed by atoms with Crippen molar-refractivity contribution < 1.29 is 36.6 Å². The standard InChI is InChI=1S/C30H28ClF4N7O5/c1-3-23(29(45)36-18-5-6-19(22(32)13-18)28(44)38-40-8-10-47-11-9-40)41-15-25(46-2)21(14-27(41)43)20-12-17(31)4-7-24(20)42-16-26(37-39-42)30(33,34)35/h4-7,12-16,23H,3,8-11H2,1-2H3,(H,36,45)(H,38,44)/t23-/m0/s1. The van der Waals surface area contributed by atoms with Crippen LogP contribution in [0.15, 0.2) is 59.7 Å². The fourth-order valence-corrected chi connectivity index (χ4v) is 5.14. The molecule has 1 atom stereocenters. The lowest BCUT2D eigenvalue weighted by Crippen LogP contribution is -2.48. The second kappa shape index (κ2) is 13.9. The number of benzene rings is 2. The number of halogens is 5. The van der Waals surface area contributed by atoms with E-state index < -0.39 is 41.1 Å². The van der Waals surface area contributed by atoms with Gasteiger partial charge in [0.05, 0.1) is 44.0 Å². The predicted molar refractivity (Wildman–Crippen MR) is 162 cm³/mol. The first-order chi connectivity index (χ1) is 22.4. The maximum absolute atomic E-state index is 14.9. The van der Waals surface area contributed by atoms with Crippen LogP contribution in [0.2, 0.25) is 5.02 Å². The minimum absolute atomic E-state index is 0.0557. The van der Waals surface area contributed by atoms with Crippen LogP contribution in [0.3, 0.4) is 0 Å². The van der Waals surface area contributed by atoms with Gasteiger partial charge >= 0.3 is 6.18 Å². The highest BCUT2D eigenvalue weighted by Gasteiger charge is 2.35. The molecule has 0 unspecified atom stereocenters. The molecule has 12 nitrogen and oxygen atoms in total. The number of amides is 2. The Hall–Kier alpha value is -4.80. The Kier molecular flexibility index (Phi) is 9.93. The molecule has 4 aromatic rings. The molecule has 2 amide bonds. The van der Waals surface area contributed by atoms with Gasteiger partial charge in [-0.2, -0.15) is 13.2 Å². The first-order valence-corrected chi connectivity index (χ1v) is 14.6. The van der Waals surface area contributed by atoms with Crippen molar-refractivity contribution in [3.63, 3.8) is 0 Å². The normalized spacial score (nSPS) is 14.4. The molecule has 47 heavy (non-hydrogen) atoms. The molecule has 5 rings (SSSR count). The molecule has 0 spiro atoms. The Balaban J connectivity index is 1.41. The zero-order valence-electron chi connectivity index (χ0n) is 25.0. The maximum atomic E-state index is 14.9. The van der Waals surface area contributed by atoms with Gasteiger partial charge in [0, 0.05) is 41.0 Å². The Labute approximate surface area is 269 Å². The van der Waals surface area contributed by atoms with E-state index in [-0.39, 0.29) is 45.3 Å². The number of methoxy groups -OCH3 is 1. The summed E-state index contributed by atoms with van der Waals surface area (Å²) in [5, 5.41) is 11.2. The number of anilines is 1. The third-order valence-corrected chi connectivity index (χ3v) is 7.56. The van der Waals surface area contributed by atoms with Crippen LogP contribution in [-0.2, 0) is 15.7 Å². The molecule has 0 radical (unpaired) electrons. The van der Waals surface area contributed by atoms with Crippen molar-refractivity contribution >= 4 is 29.1 Å². The molecule has 0 bridgehead atoms. The van der Waals surface area contributed by atoms with Crippen LogP contribution in [0.4, 0.5) is 23.2 Å². The number of hydrogen-bond acceptors (Lipinski definition) is 8. The van der Waals surface area contributed by atoms with Crippen LogP contribution < -0.4 is 21.0 Å². The zero-order chi connectivity index (χ0) is 33.9. The smallest absolute Gasteiger partial charge is 0.436 e. The fourth-order valence-electron chi connectivity index (χ4n) is 4.97. The number of carbonyl (C=O) groups is 2. The summed E-state index contributed by atoms with van der Waals surface area (Å²) in [4.78, 5) is 39.4. The number of nitrogens with zero attached hydrogens (tertiary/aromatic N) is 5. The molecule has 17 heteroatoms. The number of hydrogen-bond donors (Lipinski definition) is 2. The van der Waals surface area contributed by atoms with Gasteiger partial charge in [-0.25, -0.2) is 14.1 Å². The molecule has 0 saturated carbocycles. The number of nitrogens with one attached hydrogen (secondary N) is 2. The number of ether oxygens (including phenoxy) is 2. The van der Waals surface area contributed by atoms with Crippen LogP contribution in [-0.4, -0.2) is 69.8 Å². The van der Waals surface area contributed by atoms with Gasteiger partial charge in [0.15, 0.2) is 5.69 Å². The molecule has 1 saturated heterocycles. The Morgan fingerprint density at radius 2 is 1.83 bits per heavy atom. The van der Waals surface area contributed by atoms with Crippen molar-refractivity contribution in [1.82, 2.24) is 30.0 Å². The zero-order valence-corrected chi connectivity index (χ0v) is 25.7. The summed E-state index contributed by atoms with van der Waals surface area (Å²) < 4.78 is 67.3. The summed E-state index contributed by atoms with van der Waals surface area (Å²) >= 11 is 6.21. The third-order valence-electron chi connectivity index (χ3n) is 7.32. The van der Waals surface area contributed by atoms with Crippen LogP contribution in [0.5, 0.6) is 5.75 Å². The fraction of sp³-hybridized carbons (Fsp3) is 0.300. The number of carbonyl (C=O) groups excluding carboxylic acids is 2. The van der Waals surface area contributed by atoms with Crippen molar-refractivity contribution in [3.05, 3.63) is 87.3 Å². The van der Waals surface area contributed by atoms with E-state index in [0.29, 0.717) is 32.5 Å². The number of pyridine rings is 1. The summed E-state index contributed by atoms with van der Waals surface area (Å²) in [7, 11) is 1.32. The van der Waals surface area contributed by atoms with Gasteiger partial charge in [-0.15, -0.1) is 5.10 Å². The van der Waals surface area contributed by atoms with Crippen molar-refractivity contribution in [2.75, 3.05) is 38.7 Å². The average Bonchev–Trinajstić information content (AvgIpc) is 3.54. The molecular weight excluding hydrogens is 650 g/mol. The lowest BCUT2D eigenvalue weighted by Gasteiger charge is -2.27. The van der Waals surface area contributed by atoms with E-state index in [4.69, 9.17) is 21.1 Å². The van der Waals surface area contributed by atoms with Gasteiger partial charge in [0.2, 0.25) is 5.91 Å². The van der Waals surface area contributed by atoms with Crippen LogP contribution in [0.25, 0.3) is 16.8 Å². The molecule has 3 heterocycles. The average molecular weight is 678 g/mol. The van der Waals surface area contributed by atoms with E-state index in [1.54, 1.807) is 11.9 Å². The number of rotatable bonds is 9. The predicted octanol–water partition coefficient (Wildman–Crippen LogP) is 4.48. The van der Waals surface area contributed by atoms with Crippen LogP contribution in [0.1, 0.15) is 35.4 Å². The number of hydrazine groups is 1. The van der Waals surface area contributed by atoms with Crippen molar-refractivity contribution in [2.24, 2.45) is 0 Å². The van der Waals surface area contributed by atoms with E-state index in [0.717, 1.165) is 21.4 Å². The highest BCUT2D eigenvalue weighted by Crippen LogP contribution is 2.36. The topological polar surface area (TPSA) is 133 Å². The molecule has 1 fully saturated rings. The van der Waals surface area contributed by atoms with Crippen molar-refractivity contribution in [2.45, 2.75) is 25.6 Å². The molecule has 2 N–H and O–H groups in total. The molecule has 0 aliphatic carbocycles. The van der Waals surface area contributed by atoms with E-state index in [9.17, 15) is 31.9 Å². The summed E-state index contributed by atoms with van der Waals surface area (Å²) in [5.74, 6) is -2.07. The molecule has 1 aliphatic heterocycles. The Morgan fingerprint density at radius 3 is 2.47 bits per heavy atom. The number of alkyl halides is 3. The lowest BCUT2D eigenvalue weighted by molar-refractivity contribution is -0.141. The summed E-state index contributed by atoms with van der Waals surface area (Å²) in [6.07, 6.45) is -2.61. The molecular formula is C30H28ClF4N7O5. The highest BCUT2D eigenvalue weighted by atomic mass is 35.5. The molecule has 2 aromatic carbocycles. The first-order valence-electron chi connectivity index (χ1n) is 14.2. The Morgan fingerprint density at radius 1 is 1.09 bits per heavy atom. The molecule has 248 valence electrons. The largest absolute Gasteiger partial charge is 0.495 e. The minimum atomic E-state index is -4.73. The molecule has 2 aromatic heterocycles. The second-order valence-electron chi connectivity index (χ2n) is 10.4. The first kappa shape index (κ1) is 33.6. The molecule has 1 aliphatic rings. The summed E-state index contributed by atoms with van der Waals surface area (Å²) in [6, 6.07) is 7.96. The highest BCUT2D eigenvalue weighted by molar-refractivity contribution is 6.31. The number of morpholine rings is 1. The van der Waals surface area contributed by atoms with Crippen LogP contribution in [0, 0.1) is 5.82 Å². The van der Waals surface area contributed by atoms with E-state index in [2.05, 4.69) is 21.1 Å². The van der Waals surface area contributed by atoms with Crippen molar-refractivity contribution in [1.29, 1.82) is 0 Å². The van der Waals surface area contributed by atoms with E-state index in [1.807, 2.05) is 0 Å². The third kappa shape index (κ3) is 7.45. The van der Waals surface area contributed by atoms with Crippen molar-refractivity contribution in [3.8, 4) is 22.6 Å². The SMILES string of the molecule is CC[C@@H](C(=O)Nc1ccc(C(=O)NN2CCOCC2)c(F)c1)n1cc(OC)c(-c2cc(Cl)ccc2-n2cc(C(F)(F)F)nn2)cc1=O.